The van der Waals surface area contributed by atoms with Crippen LogP contribution < -0.4 is 20.1 Å². The Morgan fingerprint density at radius 1 is 1.00 bits per heavy atom. The minimum absolute atomic E-state index is 0.0777. The number of hydrogen-bond acceptors (Lipinski definition) is 7. The molecule has 2 amide bonds. The Hall–Kier alpha value is -3.89. The lowest BCUT2D eigenvalue weighted by Gasteiger charge is -2.33. The largest absolute Gasteiger partial charge is 0.493 e. The maximum atomic E-state index is 14.1. The lowest BCUT2D eigenvalue weighted by atomic mass is 9.87. The summed E-state index contributed by atoms with van der Waals surface area (Å²) < 4.78 is 30.9. The predicted octanol–water partition coefficient (Wildman–Crippen LogP) is 6.88. The summed E-state index contributed by atoms with van der Waals surface area (Å²) in [6, 6.07) is 12.7. The van der Waals surface area contributed by atoms with Gasteiger partial charge in [0.2, 0.25) is 0 Å². The van der Waals surface area contributed by atoms with Gasteiger partial charge >= 0.3 is 6.09 Å². The Balaban J connectivity index is 1.47. The van der Waals surface area contributed by atoms with Crippen LogP contribution in [-0.2, 0) is 15.9 Å². The van der Waals surface area contributed by atoms with Gasteiger partial charge in [-0.3, -0.25) is 4.79 Å². The van der Waals surface area contributed by atoms with E-state index in [1.54, 1.807) is 71.0 Å². The van der Waals surface area contributed by atoms with Gasteiger partial charge in [-0.2, -0.15) is 0 Å². The number of methoxy groups -OCH3 is 1. The van der Waals surface area contributed by atoms with Gasteiger partial charge in [-0.1, -0.05) is 11.6 Å². The lowest BCUT2D eigenvalue weighted by Crippen LogP contribution is -2.45. The third-order valence-corrected chi connectivity index (χ3v) is 8.32. The van der Waals surface area contributed by atoms with E-state index in [0.717, 1.165) is 25.7 Å². The van der Waals surface area contributed by atoms with E-state index in [9.17, 15) is 19.1 Å². The van der Waals surface area contributed by atoms with Crippen molar-refractivity contribution in [1.82, 2.24) is 15.6 Å². The molecule has 2 saturated carbocycles. The van der Waals surface area contributed by atoms with Crippen molar-refractivity contribution < 1.29 is 33.3 Å². The van der Waals surface area contributed by atoms with Crippen LogP contribution in [0.25, 0.3) is 11.3 Å². The number of amides is 2. The number of ether oxygens (including phenoxy) is 3. The molecule has 2 aromatic carbocycles. The molecule has 0 saturated heterocycles. The fourth-order valence-corrected chi connectivity index (χ4v) is 5.32. The summed E-state index contributed by atoms with van der Waals surface area (Å²) in [7, 11) is 1.52. The number of carbonyl (C=O) groups excluding carboxylic acids is 2. The summed E-state index contributed by atoms with van der Waals surface area (Å²) in [4.78, 5) is 31.0. The van der Waals surface area contributed by atoms with Crippen LogP contribution in [0.15, 0.2) is 48.5 Å². The first-order valence-electron chi connectivity index (χ1n) is 15.4. The molecule has 5 rings (SSSR count). The topological polar surface area (TPSA) is 119 Å². The number of nitrogens with zero attached hydrogens (tertiary/aromatic N) is 1. The average molecular weight is 654 g/mol. The van der Waals surface area contributed by atoms with E-state index >= 15 is 0 Å². The van der Waals surface area contributed by atoms with Crippen LogP contribution in [0.3, 0.4) is 0 Å². The van der Waals surface area contributed by atoms with Crippen molar-refractivity contribution in [2.45, 2.75) is 83.1 Å². The second-order valence-electron chi connectivity index (χ2n) is 13.6. The van der Waals surface area contributed by atoms with Crippen LogP contribution in [0.1, 0.15) is 81.9 Å². The number of aliphatic hydroxyl groups is 1. The van der Waals surface area contributed by atoms with E-state index in [-0.39, 0.29) is 23.6 Å². The first-order chi connectivity index (χ1) is 21.6. The van der Waals surface area contributed by atoms with Crippen LogP contribution in [0, 0.1) is 11.7 Å². The zero-order valence-corrected chi connectivity index (χ0v) is 27.8. The summed E-state index contributed by atoms with van der Waals surface area (Å²) in [6.45, 7) is 8.81. The van der Waals surface area contributed by atoms with Crippen LogP contribution >= 0.6 is 11.6 Å². The first kappa shape index (κ1) is 33.5. The van der Waals surface area contributed by atoms with Gasteiger partial charge in [-0.25, -0.2) is 14.2 Å². The number of halogens is 2. The summed E-state index contributed by atoms with van der Waals surface area (Å²) in [5.41, 5.74) is -1.05. The maximum absolute atomic E-state index is 14.1. The third kappa shape index (κ3) is 7.90. The molecule has 3 aromatic rings. The summed E-state index contributed by atoms with van der Waals surface area (Å²) in [5.74, 6) is -0.119. The highest BCUT2D eigenvalue weighted by Crippen LogP contribution is 2.46. The van der Waals surface area contributed by atoms with Crippen LogP contribution in [0.2, 0.25) is 5.02 Å². The summed E-state index contributed by atoms with van der Waals surface area (Å²) >= 11 is 6.13. The molecule has 0 aliphatic heterocycles. The molecule has 46 heavy (non-hydrogen) atoms. The van der Waals surface area contributed by atoms with E-state index in [4.69, 9.17) is 30.8 Å². The van der Waals surface area contributed by atoms with Gasteiger partial charge in [0, 0.05) is 11.1 Å². The zero-order chi connectivity index (χ0) is 33.4. The van der Waals surface area contributed by atoms with Gasteiger partial charge in [0.05, 0.1) is 41.7 Å². The number of aromatic nitrogens is 1. The molecule has 3 N–H and O–H groups in total. The second-order valence-corrected chi connectivity index (χ2v) is 14.0. The number of alkyl carbamates (subject to hydrolysis) is 1. The van der Waals surface area contributed by atoms with Crippen molar-refractivity contribution in [3.8, 4) is 22.8 Å². The minimum atomic E-state index is -1.55. The Morgan fingerprint density at radius 3 is 2.33 bits per heavy atom. The first-order valence-corrected chi connectivity index (χ1v) is 15.8. The van der Waals surface area contributed by atoms with Crippen molar-refractivity contribution >= 4 is 23.6 Å². The van der Waals surface area contributed by atoms with Crippen LogP contribution in [-0.4, -0.2) is 47.5 Å². The molecular weight excluding hydrogens is 613 g/mol. The van der Waals surface area contributed by atoms with Crippen molar-refractivity contribution in [2.24, 2.45) is 5.92 Å². The Kier molecular flexibility index (Phi) is 9.26. The van der Waals surface area contributed by atoms with Gasteiger partial charge in [-0.15, -0.1) is 0 Å². The number of benzene rings is 2. The fourth-order valence-electron chi connectivity index (χ4n) is 5.14. The van der Waals surface area contributed by atoms with Gasteiger partial charge in [0.15, 0.2) is 11.5 Å². The number of nitrogens with one attached hydrogen (secondary N) is 2. The number of carbonyl (C=O) groups is 2. The number of pyridine rings is 1. The molecule has 1 atom stereocenters. The van der Waals surface area contributed by atoms with E-state index in [1.807, 2.05) is 0 Å². The summed E-state index contributed by atoms with van der Waals surface area (Å²) in [5, 5.41) is 18.0. The molecule has 246 valence electrons. The number of rotatable bonds is 11. The Bertz CT molecular complexity index is 1630. The molecule has 1 unspecified atom stereocenters. The van der Waals surface area contributed by atoms with Crippen molar-refractivity contribution in [3.05, 3.63) is 76.2 Å². The zero-order valence-electron chi connectivity index (χ0n) is 27.0. The van der Waals surface area contributed by atoms with Crippen LogP contribution in [0.5, 0.6) is 11.5 Å². The smallest absolute Gasteiger partial charge is 0.408 e. The number of hydrogen-bond donors (Lipinski definition) is 3. The Morgan fingerprint density at radius 2 is 1.72 bits per heavy atom. The molecule has 9 nitrogen and oxygen atoms in total. The standard InChI is InChI=1S/C35H41ClFN3O6/c1-33(2,3)46-32(42)40-34(4,5)23-17-27(20-7-13-26(37)25(36)15-20)39-30(18-23)35(43,22-9-10-22)19-38-31(41)21-8-14-28(29(16-21)44-6)45-24-11-12-24/h7-8,13-18,22,24,43H,9-12,19H2,1-6H3,(H,38,41)(H,40,42). The monoisotopic (exact) mass is 653 g/mol. The molecule has 1 heterocycles. The highest BCUT2D eigenvalue weighted by molar-refractivity contribution is 6.31. The lowest BCUT2D eigenvalue weighted by molar-refractivity contribution is 0.00940. The maximum Gasteiger partial charge on any atom is 0.408 e. The highest BCUT2D eigenvalue weighted by atomic mass is 35.5. The average Bonchev–Trinajstić information content (AvgIpc) is 3.91. The molecule has 2 fully saturated rings. The van der Waals surface area contributed by atoms with E-state index in [2.05, 4.69) is 10.6 Å². The van der Waals surface area contributed by atoms with Gasteiger partial charge in [-0.05, 0) is 120 Å². The Labute approximate surface area is 273 Å². The predicted molar refractivity (Wildman–Crippen MR) is 173 cm³/mol. The molecule has 2 aliphatic carbocycles. The SMILES string of the molecule is COc1cc(C(=O)NCC(O)(c2cc(C(C)(C)NC(=O)OC(C)(C)C)cc(-c3ccc(F)c(Cl)c3)n2)C2CC2)ccc1OC1CC1. The van der Waals surface area contributed by atoms with Gasteiger partial charge < -0.3 is 30.0 Å². The third-order valence-electron chi connectivity index (χ3n) is 8.03. The van der Waals surface area contributed by atoms with E-state index in [1.165, 1.54) is 19.2 Å². The second kappa shape index (κ2) is 12.7. The van der Waals surface area contributed by atoms with E-state index in [0.29, 0.717) is 39.6 Å². The van der Waals surface area contributed by atoms with Crippen molar-refractivity contribution in [3.63, 3.8) is 0 Å². The van der Waals surface area contributed by atoms with Gasteiger partial charge in [0.25, 0.3) is 5.91 Å². The molecule has 0 spiro atoms. The molecule has 11 heteroatoms. The van der Waals surface area contributed by atoms with Gasteiger partial charge in [0.1, 0.15) is 17.0 Å². The highest BCUT2D eigenvalue weighted by Gasteiger charge is 2.47. The quantitative estimate of drug-likeness (QED) is 0.206. The summed E-state index contributed by atoms with van der Waals surface area (Å²) in [6.07, 6.45) is 3.00. The minimum Gasteiger partial charge on any atom is -0.493 e. The molecule has 0 bridgehead atoms. The normalized spacial score (nSPS) is 16.3. The molecule has 2 aliphatic rings. The van der Waals surface area contributed by atoms with E-state index < -0.39 is 34.6 Å². The fraction of sp³-hybridized carbons (Fsp3) is 0.457. The molecule has 1 aromatic heterocycles. The molecular formula is C35H41ClFN3O6. The van der Waals surface area contributed by atoms with Crippen molar-refractivity contribution in [1.29, 1.82) is 0 Å². The van der Waals surface area contributed by atoms with Crippen molar-refractivity contribution in [2.75, 3.05) is 13.7 Å². The molecule has 0 radical (unpaired) electrons. The van der Waals surface area contributed by atoms with Crippen LogP contribution in [0.4, 0.5) is 9.18 Å².